The van der Waals surface area contributed by atoms with E-state index in [1.807, 2.05) is 0 Å². The summed E-state index contributed by atoms with van der Waals surface area (Å²) in [4.78, 5) is 11.8. The number of carbonyl (C=O) groups excluding carboxylic acids is 1. The summed E-state index contributed by atoms with van der Waals surface area (Å²) in [5.41, 5.74) is 0. The Hall–Kier alpha value is -0.0500. The SMILES string of the molecule is CCCCCCCCCCC(CCC)OC(=O)CCCCBr. The molecular weight excluding hydrogens is 340 g/mol. The molecule has 0 N–H and O–H groups in total. The molecule has 0 spiro atoms. The van der Waals surface area contributed by atoms with Crippen molar-refractivity contribution in [3.05, 3.63) is 0 Å². The molecule has 0 aromatic carbocycles. The summed E-state index contributed by atoms with van der Waals surface area (Å²) in [6.07, 6.45) is 16.5. The van der Waals surface area contributed by atoms with Crippen LogP contribution in [0.4, 0.5) is 0 Å². The second-order valence-corrected chi connectivity index (χ2v) is 7.10. The third-order valence-corrected chi connectivity index (χ3v) is 4.61. The molecule has 0 rings (SSSR count). The molecule has 0 saturated carbocycles. The van der Waals surface area contributed by atoms with E-state index in [-0.39, 0.29) is 12.1 Å². The average molecular weight is 377 g/mol. The molecule has 132 valence electrons. The van der Waals surface area contributed by atoms with Gasteiger partial charge in [-0.05, 0) is 32.1 Å². The molecule has 0 aromatic rings. The average Bonchev–Trinajstić information content (AvgIpc) is 2.50. The summed E-state index contributed by atoms with van der Waals surface area (Å²) in [6, 6.07) is 0. The Bertz CT molecular complexity index is 244. The first-order valence-corrected chi connectivity index (χ1v) is 10.6. The second-order valence-electron chi connectivity index (χ2n) is 6.31. The van der Waals surface area contributed by atoms with Gasteiger partial charge in [-0.3, -0.25) is 4.79 Å². The van der Waals surface area contributed by atoms with E-state index in [2.05, 4.69) is 29.8 Å². The predicted octanol–water partition coefficient (Wildman–Crippen LogP) is 6.79. The van der Waals surface area contributed by atoms with Gasteiger partial charge in [0.25, 0.3) is 0 Å². The maximum atomic E-state index is 11.8. The summed E-state index contributed by atoms with van der Waals surface area (Å²) >= 11 is 3.39. The van der Waals surface area contributed by atoms with E-state index >= 15 is 0 Å². The number of carbonyl (C=O) groups is 1. The highest BCUT2D eigenvalue weighted by molar-refractivity contribution is 9.09. The summed E-state index contributed by atoms with van der Waals surface area (Å²) in [6.45, 7) is 4.43. The minimum atomic E-state index is -0.000958. The maximum Gasteiger partial charge on any atom is 0.306 e. The summed E-state index contributed by atoms with van der Waals surface area (Å²) < 4.78 is 5.64. The third-order valence-electron chi connectivity index (χ3n) is 4.05. The van der Waals surface area contributed by atoms with Gasteiger partial charge in [-0.1, -0.05) is 81.1 Å². The van der Waals surface area contributed by atoms with Crippen molar-refractivity contribution in [1.82, 2.24) is 0 Å². The fourth-order valence-corrected chi connectivity index (χ4v) is 3.10. The molecule has 0 heterocycles. The van der Waals surface area contributed by atoms with E-state index in [9.17, 15) is 4.79 Å². The largest absolute Gasteiger partial charge is 0.462 e. The zero-order valence-corrected chi connectivity index (χ0v) is 16.5. The maximum absolute atomic E-state index is 11.8. The van der Waals surface area contributed by atoms with Crippen LogP contribution in [-0.2, 0) is 9.53 Å². The smallest absolute Gasteiger partial charge is 0.306 e. The summed E-state index contributed by atoms with van der Waals surface area (Å²) in [5.74, 6) is -0.000958. The molecule has 0 aliphatic heterocycles. The van der Waals surface area contributed by atoms with Crippen molar-refractivity contribution in [1.29, 1.82) is 0 Å². The van der Waals surface area contributed by atoms with Gasteiger partial charge >= 0.3 is 5.97 Å². The van der Waals surface area contributed by atoms with Crippen LogP contribution in [0.1, 0.15) is 104 Å². The Morgan fingerprint density at radius 2 is 1.45 bits per heavy atom. The fourth-order valence-electron chi connectivity index (χ4n) is 2.70. The van der Waals surface area contributed by atoms with E-state index < -0.39 is 0 Å². The lowest BCUT2D eigenvalue weighted by Crippen LogP contribution is -2.18. The van der Waals surface area contributed by atoms with Gasteiger partial charge in [-0.2, -0.15) is 0 Å². The van der Waals surface area contributed by atoms with Crippen LogP contribution >= 0.6 is 15.9 Å². The van der Waals surface area contributed by atoms with Gasteiger partial charge in [0.15, 0.2) is 0 Å². The first-order chi connectivity index (χ1) is 10.7. The van der Waals surface area contributed by atoms with Gasteiger partial charge in [-0.15, -0.1) is 0 Å². The molecule has 0 amide bonds. The lowest BCUT2D eigenvalue weighted by molar-refractivity contribution is -0.149. The minimum absolute atomic E-state index is 0.000958. The van der Waals surface area contributed by atoms with Crippen LogP contribution in [0.5, 0.6) is 0 Å². The monoisotopic (exact) mass is 376 g/mol. The van der Waals surface area contributed by atoms with Crippen molar-refractivity contribution in [3.63, 3.8) is 0 Å². The molecule has 2 nitrogen and oxygen atoms in total. The van der Waals surface area contributed by atoms with Crippen LogP contribution in [0.25, 0.3) is 0 Å². The molecule has 3 heteroatoms. The molecule has 0 saturated heterocycles. The normalized spacial score (nSPS) is 12.3. The Balaban J connectivity index is 3.64. The number of rotatable bonds is 16. The molecule has 1 atom stereocenters. The highest BCUT2D eigenvalue weighted by atomic mass is 79.9. The van der Waals surface area contributed by atoms with Gasteiger partial charge in [-0.25, -0.2) is 0 Å². The number of hydrogen-bond acceptors (Lipinski definition) is 2. The topological polar surface area (TPSA) is 26.3 Å². The number of halogens is 1. The van der Waals surface area contributed by atoms with Crippen molar-refractivity contribution < 1.29 is 9.53 Å². The quantitative estimate of drug-likeness (QED) is 0.168. The van der Waals surface area contributed by atoms with E-state index in [0.717, 1.165) is 37.4 Å². The minimum Gasteiger partial charge on any atom is -0.462 e. The van der Waals surface area contributed by atoms with Gasteiger partial charge in [0.05, 0.1) is 0 Å². The summed E-state index contributed by atoms with van der Waals surface area (Å²) in [7, 11) is 0. The van der Waals surface area contributed by atoms with Crippen molar-refractivity contribution in [2.45, 2.75) is 110 Å². The first kappa shape index (κ1) is 21.9. The fraction of sp³-hybridized carbons (Fsp3) is 0.947. The molecule has 22 heavy (non-hydrogen) atoms. The standard InChI is InChI=1S/C19H37BrO2/c1-3-5-6-7-8-9-10-11-15-18(14-4-2)22-19(21)16-12-13-17-20/h18H,3-17H2,1-2H3. The molecule has 0 bridgehead atoms. The van der Waals surface area contributed by atoms with Gasteiger partial charge in [0, 0.05) is 11.8 Å². The molecular formula is C19H37BrO2. The number of ether oxygens (including phenoxy) is 1. The molecule has 0 aromatic heterocycles. The number of unbranched alkanes of at least 4 members (excludes halogenated alkanes) is 8. The Labute approximate surface area is 146 Å². The van der Waals surface area contributed by atoms with Crippen molar-refractivity contribution in [3.8, 4) is 0 Å². The Kier molecular flexibility index (Phi) is 17.3. The second kappa shape index (κ2) is 17.3. The van der Waals surface area contributed by atoms with Crippen molar-refractivity contribution in [2.75, 3.05) is 5.33 Å². The van der Waals surface area contributed by atoms with Gasteiger partial charge in [0.2, 0.25) is 0 Å². The lowest BCUT2D eigenvalue weighted by Gasteiger charge is -2.17. The highest BCUT2D eigenvalue weighted by Gasteiger charge is 2.13. The van der Waals surface area contributed by atoms with E-state index in [4.69, 9.17) is 4.74 Å². The molecule has 1 unspecified atom stereocenters. The van der Waals surface area contributed by atoms with Gasteiger partial charge in [0.1, 0.15) is 6.10 Å². The first-order valence-electron chi connectivity index (χ1n) is 9.50. The van der Waals surface area contributed by atoms with Crippen LogP contribution in [0.15, 0.2) is 0 Å². The molecule has 0 radical (unpaired) electrons. The van der Waals surface area contributed by atoms with E-state index in [0.29, 0.717) is 6.42 Å². The van der Waals surface area contributed by atoms with E-state index in [1.165, 1.54) is 51.4 Å². The van der Waals surface area contributed by atoms with Gasteiger partial charge < -0.3 is 4.74 Å². The molecule has 0 aliphatic rings. The summed E-state index contributed by atoms with van der Waals surface area (Å²) in [5, 5.41) is 0.969. The molecule has 0 fully saturated rings. The lowest BCUT2D eigenvalue weighted by atomic mass is 10.0. The van der Waals surface area contributed by atoms with Crippen LogP contribution in [0, 0.1) is 0 Å². The van der Waals surface area contributed by atoms with E-state index in [1.54, 1.807) is 0 Å². The third kappa shape index (κ3) is 14.9. The zero-order valence-electron chi connectivity index (χ0n) is 14.9. The Morgan fingerprint density at radius 3 is 2.05 bits per heavy atom. The predicted molar refractivity (Wildman–Crippen MR) is 99.7 cm³/mol. The van der Waals surface area contributed by atoms with Crippen LogP contribution in [-0.4, -0.2) is 17.4 Å². The number of esters is 1. The van der Waals surface area contributed by atoms with Crippen molar-refractivity contribution >= 4 is 21.9 Å². The van der Waals surface area contributed by atoms with Crippen LogP contribution < -0.4 is 0 Å². The highest BCUT2D eigenvalue weighted by Crippen LogP contribution is 2.15. The van der Waals surface area contributed by atoms with Crippen molar-refractivity contribution in [2.24, 2.45) is 0 Å². The molecule has 0 aliphatic carbocycles. The number of hydrogen-bond donors (Lipinski definition) is 0. The Morgan fingerprint density at radius 1 is 0.818 bits per heavy atom. The zero-order chi connectivity index (χ0) is 16.5. The van der Waals surface area contributed by atoms with Crippen LogP contribution in [0.2, 0.25) is 0 Å². The van der Waals surface area contributed by atoms with Crippen LogP contribution in [0.3, 0.4) is 0 Å². The number of alkyl halides is 1.